The van der Waals surface area contributed by atoms with Crippen molar-refractivity contribution in [3.63, 3.8) is 0 Å². The predicted octanol–water partition coefficient (Wildman–Crippen LogP) is 8.50. The second-order valence-corrected chi connectivity index (χ2v) is 10.9. The zero-order chi connectivity index (χ0) is 23.2. The third kappa shape index (κ3) is 8.42. The molecule has 0 saturated heterocycles. The monoisotopic (exact) mass is 459 g/mol. The van der Waals surface area contributed by atoms with Crippen LogP contribution in [-0.4, -0.2) is 14.6 Å². The van der Waals surface area contributed by atoms with Gasteiger partial charge in [-0.1, -0.05) is 122 Å². The molecule has 0 radical (unpaired) electrons. The molecule has 0 aromatic heterocycles. The molecule has 3 N–H and O–H groups in total. The first kappa shape index (κ1) is 26.7. The zero-order valence-electron chi connectivity index (χ0n) is 20.4. The van der Waals surface area contributed by atoms with Gasteiger partial charge in [0.15, 0.2) is 5.75 Å². The van der Waals surface area contributed by atoms with Crippen LogP contribution in [0.4, 0.5) is 5.69 Å². The summed E-state index contributed by atoms with van der Waals surface area (Å²) in [6.45, 7) is 4.36. The molecule has 0 aliphatic rings. The molecule has 2 unspecified atom stereocenters. The van der Waals surface area contributed by atoms with E-state index >= 15 is 0 Å². The quantitative estimate of drug-likeness (QED) is 0.142. The number of anilines is 1. The molecule has 2 atom stereocenters. The third-order valence-corrected chi connectivity index (χ3v) is 8.55. The molecule has 0 fully saturated rings. The lowest BCUT2D eigenvalue weighted by molar-refractivity contribution is 0.464. The van der Waals surface area contributed by atoms with Gasteiger partial charge < -0.3 is 10.8 Å². The van der Waals surface area contributed by atoms with Crippen molar-refractivity contribution in [2.75, 3.05) is 5.73 Å². The van der Waals surface area contributed by atoms with Gasteiger partial charge in [0.1, 0.15) is 0 Å². The van der Waals surface area contributed by atoms with Crippen LogP contribution >= 0.6 is 0 Å². The van der Waals surface area contributed by atoms with Crippen LogP contribution < -0.4 is 5.73 Å². The number of aromatic hydroxyl groups is 1. The molecule has 0 heterocycles. The molecule has 3 nitrogen and oxygen atoms in total. The molecule has 2 rings (SSSR count). The Morgan fingerprint density at radius 2 is 1.38 bits per heavy atom. The van der Waals surface area contributed by atoms with Crippen molar-refractivity contribution < 1.29 is 9.32 Å². The molecule has 0 saturated carbocycles. The van der Waals surface area contributed by atoms with Crippen molar-refractivity contribution in [3.8, 4) is 5.75 Å². The number of unbranched alkanes of at least 4 members (excludes halogenated alkanes) is 12. The molecule has 2 aromatic rings. The second kappa shape index (κ2) is 15.3. The van der Waals surface area contributed by atoms with E-state index in [4.69, 9.17) is 5.73 Å². The maximum Gasteiger partial charge on any atom is 0.155 e. The standard InChI is InChI=1S/C28H45NO2S/c1-3-5-6-7-8-9-10-11-12-13-14-15-16-20-24(4-2)32(31)26-22-23-19-17-18-21-25(23)27(29)28(26)30/h17-19,21-22,24,30H,3-16,20,29H2,1-2H3. The highest BCUT2D eigenvalue weighted by Crippen LogP contribution is 2.37. The lowest BCUT2D eigenvalue weighted by atomic mass is 10.0. The van der Waals surface area contributed by atoms with Crippen LogP contribution in [0.2, 0.25) is 0 Å². The average Bonchev–Trinajstić information content (AvgIpc) is 2.81. The van der Waals surface area contributed by atoms with Crippen molar-refractivity contribution in [1.29, 1.82) is 0 Å². The largest absolute Gasteiger partial charge is 0.505 e. The number of nitrogen functional groups attached to an aromatic ring is 1. The van der Waals surface area contributed by atoms with Gasteiger partial charge >= 0.3 is 0 Å². The normalized spacial score (nSPS) is 13.4. The van der Waals surface area contributed by atoms with Crippen LogP contribution in [0.5, 0.6) is 5.75 Å². The van der Waals surface area contributed by atoms with Crippen LogP contribution in [0, 0.1) is 0 Å². The summed E-state index contributed by atoms with van der Waals surface area (Å²) in [6.07, 6.45) is 19.2. The average molecular weight is 460 g/mol. The van der Waals surface area contributed by atoms with Crippen molar-refractivity contribution in [3.05, 3.63) is 30.3 Å². The van der Waals surface area contributed by atoms with E-state index in [0.717, 1.165) is 30.0 Å². The number of hydrogen-bond acceptors (Lipinski definition) is 3. The summed E-state index contributed by atoms with van der Waals surface area (Å²) in [6, 6.07) is 9.54. The minimum Gasteiger partial charge on any atom is -0.505 e. The Morgan fingerprint density at radius 3 is 1.94 bits per heavy atom. The van der Waals surface area contributed by atoms with Gasteiger partial charge in [-0.15, -0.1) is 0 Å². The van der Waals surface area contributed by atoms with Crippen LogP contribution in [0.25, 0.3) is 10.8 Å². The van der Waals surface area contributed by atoms with Gasteiger partial charge in [-0.05, 0) is 24.3 Å². The smallest absolute Gasteiger partial charge is 0.155 e. The topological polar surface area (TPSA) is 63.3 Å². The first-order chi connectivity index (χ1) is 15.6. The Morgan fingerprint density at radius 1 is 0.844 bits per heavy atom. The number of rotatable bonds is 17. The van der Waals surface area contributed by atoms with E-state index < -0.39 is 10.8 Å². The van der Waals surface area contributed by atoms with Gasteiger partial charge in [-0.3, -0.25) is 4.21 Å². The Hall–Kier alpha value is -1.55. The number of nitrogens with two attached hydrogens (primary N) is 1. The fourth-order valence-electron chi connectivity index (χ4n) is 4.52. The molecular formula is C28H45NO2S. The van der Waals surface area contributed by atoms with Crippen molar-refractivity contribution >= 4 is 27.3 Å². The molecule has 0 bridgehead atoms. The van der Waals surface area contributed by atoms with E-state index in [1.807, 2.05) is 30.3 Å². The van der Waals surface area contributed by atoms with Gasteiger partial charge in [0, 0.05) is 10.6 Å². The highest BCUT2D eigenvalue weighted by molar-refractivity contribution is 7.85. The van der Waals surface area contributed by atoms with Gasteiger partial charge in [0.2, 0.25) is 0 Å². The molecule has 32 heavy (non-hydrogen) atoms. The molecular weight excluding hydrogens is 414 g/mol. The highest BCUT2D eigenvalue weighted by atomic mass is 32.2. The Labute approximate surface area is 198 Å². The molecule has 0 aliphatic carbocycles. The fraction of sp³-hybridized carbons (Fsp3) is 0.643. The number of phenolic OH excluding ortho intramolecular Hbond substituents is 1. The Balaban J connectivity index is 1.67. The number of hydrogen-bond donors (Lipinski definition) is 2. The van der Waals surface area contributed by atoms with Crippen LogP contribution in [0.1, 0.15) is 110 Å². The molecule has 0 amide bonds. The summed E-state index contributed by atoms with van der Waals surface area (Å²) in [5.41, 5.74) is 6.48. The highest BCUT2D eigenvalue weighted by Gasteiger charge is 2.22. The summed E-state index contributed by atoms with van der Waals surface area (Å²) in [5.74, 6) is -0.00848. The fourth-order valence-corrected chi connectivity index (χ4v) is 6.11. The number of fused-ring (bicyclic) bond motifs is 1. The van der Waals surface area contributed by atoms with E-state index in [1.165, 1.54) is 77.0 Å². The SMILES string of the molecule is CCCCCCCCCCCCCCCC(CC)S(=O)c1cc2ccccc2c(N)c1O. The predicted molar refractivity (Wildman–Crippen MR) is 141 cm³/mol. The Bertz CT molecular complexity index is 820. The summed E-state index contributed by atoms with van der Waals surface area (Å²) in [7, 11) is -1.25. The van der Waals surface area contributed by atoms with E-state index in [-0.39, 0.29) is 11.0 Å². The van der Waals surface area contributed by atoms with Crippen LogP contribution in [0.15, 0.2) is 35.2 Å². The molecule has 180 valence electrons. The molecule has 4 heteroatoms. The first-order valence-electron chi connectivity index (χ1n) is 13.0. The minimum absolute atomic E-state index is 0.00848. The van der Waals surface area contributed by atoms with Gasteiger partial charge in [0.25, 0.3) is 0 Å². The van der Waals surface area contributed by atoms with Gasteiger partial charge in [0.05, 0.1) is 21.4 Å². The summed E-state index contributed by atoms with van der Waals surface area (Å²) in [5, 5.41) is 12.4. The minimum atomic E-state index is -1.25. The van der Waals surface area contributed by atoms with Crippen molar-refractivity contribution in [1.82, 2.24) is 0 Å². The summed E-state index contributed by atoms with van der Waals surface area (Å²) in [4.78, 5) is 0.489. The second-order valence-electron chi connectivity index (χ2n) is 9.22. The maximum absolute atomic E-state index is 13.2. The lowest BCUT2D eigenvalue weighted by Gasteiger charge is -2.17. The number of benzene rings is 2. The van der Waals surface area contributed by atoms with Crippen LogP contribution in [0.3, 0.4) is 0 Å². The van der Waals surface area contributed by atoms with E-state index in [9.17, 15) is 9.32 Å². The summed E-state index contributed by atoms with van der Waals surface area (Å²) < 4.78 is 13.2. The summed E-state index contributed by atoms with van der Waals surface area (Å²) >= 11 is 0. The van der Waals surface area contributed by atoms with E-state index in [0.29, 0.717) is 10.6 Å². The van der Waals surface area contributed by atoms with Gasteiger partial charge in [-0.25, -0.2) is 0 Å². The lowest BCUT2D eigenvalue weighted by Crippen LogP contribution is -2.15. The van der Waals surface area contributed by atoms with E-state index in [1.54, 1.807) is 0 Å². The molecule has 0 spiro atoms. The van der Waals surface area contributed by atoms with Crippen molar-refractivity contribution in [2.24, 2.45) is 0 Å². The zero-order valence-corrected chi connectivity index (χ0v) is 21.2. The third-order valence-electron chi connectivity index (χ3n) is 6.63. The van der Waals surface area contributed by atoms with E-state index in [2.05, 4.69) is 13.8 Å². The maximum atomic E-state index is 13.2. The van der Waals surface area contributed by atoms with Crippen LogP contribution in [-0.2, 0) is 10.8 Å². The number of phenols is 1. The Kier molecular flexibility index (Phi) is 12.8. The first-order valence-corrected chi connectivity index (χ1v) is 14.2. The van der Waals surface area contributed by atoms with Gasteiger partial charge in [-0.2, -0.15) is 0 Å². The molecule has 2 aromatic carbocycles. The van der Waals surface area contributed by atoms with Crippen molar-refractivity contribution in [2.45, 2.75) is 120 Å². The molecule has 0 aliphatic heterocycles.